The van der Waals surface area contributed by atoms with Crippen LogP contribution in [0.15, 0.2) is 59.9 Å². The van der Waals surface area contributed by atoms with Crippen LogP contribution in [-0.4, -0.2) is 61.9 Å². The number of hydrogen-bond donors (Lipinski definition) is 0. The van der Waals surface area contributed by atoms with Crippen LogP contribution in [0.1, 0.15) is 59.3 Å². The second kappa shape index (κ2) is 15.2. The van der Waals surface area contributed by atoms with E-state index in [0.29, 0.717) is 18.2 Å². The Hall–Kier alpha value is -1.79. The summed E-state index contributed by atoms with van der Waals surface area (Å²) in [5.74, 6) is 0. The van der Waals surface area contributed by atoms with Crippen LogP contribution >= 0.6 is 0 Å². The molecule has 1 atom stereocenters. The van der Waals surface area contributed by atoms with Gasteiger partial charge in [-0.2, -0.15) is 13.2 Å². The lowest BCUT2D eigenvalue weighted by atomic mass is 9.92. The van der Waals surface area contributed by atoms with E-state index >= 15 is 0 Å². The van der Waals surface area contributed by atoms with E-state index in [1.807, 2.05) is 30.9 Å². The maximum Gasteiger partial charge on any atom is 0.416 e. The smallest absolute Gasteiger partial charge is 0.378 e. The molecule has 3 nitrogen and oxygen atoms in total. The number of allylic oxidation sites excluding steroid dienone is 5. The van der Waals surface area contributed by atoms with E-state index in [1.165, 1.54) is 38.8 Å². The summed E-state index contributed by atoms with van der Waals surface area (Å²) in [4.78, 5) is 4.44. The van der Waals surface area contributed by atoms with E-state index in [4.69, 9.17) is 4.74 Å². The lowest BCUT2D eigenvalue weighted by molar-refractivity contribution is -0.0888. The van der Waals surface area contributed by atoms with E-state index in [1.54, 1.807) is 12.2 Å². The van der Waals surface area contributed by atoms with Gasteiger partial charge in [-0.3, -0.25) is 0 Å². The van der Waals surface area contributed by atoms with Gasteiger partial charge in [0.2, 0.25) is 0 Å². The number of nitrogens with zero attached hydrogens (tertiary/aromatic N) is 2. The summed E-state index contributed by atoms with van der Waals surface area (Å²) in [6.45, 7) is 17.7. The lowest BCUT2D eigenvalue weighted by Crippen LogP contribution is -2.30. The van der Waals surface area contributed by atoms with Crippen molar-refractivity contribution in [1.29, 1.82) is 0 Å². The van der Waals surface area contributed by atoms with Crippen molar-refractivity contribution in [2.75, 3.05) is 39.8 Å². The Kier molecular flexibility index (Phi) is 13.4. The van der Waals surface area contributed by atoms with E-state index in [-0.39, 0.29) is 5.57 Å². The van der Waals surface area contributed by atoms with Crippen molar-refractivity contribution in [3.8, 4) is 0 Å². The number of hydrogen-bond acceptors (Lipinski definition) is 3. The summed E-state index contributed by atoms with van der Waals surface area (Å²) in [5, 5.41) is 0. The molecular weight excluding hydrogens is 425 g/mol. The van der Waals surface area contributed by atoms with Gasteiger partial charge in [0.05, 0.1) is 11.7 Å². The second-order valence-corrected chi connectivity index (χ2v) is 8.68. The van der Waals surface area contributed by atoms with Gasteiger partial charge in [0, 0.05) is 31.9 Å². The second-order valence-electron chi connectivity index (χ2n) is 8.68. The van der Waals surface area contributed by atoms with Crippen LogP contribution in [0.25, 0.3) is 0 Å². The molecule has 2 rings (SSSR count). The summed E-state index contributed by atoms with van der Waals surface area (Å²) >= 11 is 0. The minimum absolute atomic E-state index is 0.0978. The molecule has 0 aromatic heterocycles. The first kappa shape index (κ1) is 29.2. The van der Waals surface area contributed by atoms with E-state index in [0.717, 1.165) is 31.7 Å². The zero-order chi connectivity index (χ0) is 24.9. The number of likely N-dealkylation sites (tertiary alicyclic amines) is 1. The molecule has 188 valence electrons. The Morgan fingerprint density at radius 2 is 1.91 bits per heavy atom. The fraction of sp³-hybridized carbons (Fsp3) is 0.630. The van der Waals surface area contributed by atoms with Crippen molar-refractivity contribution >= 4 is 0 Å². The Morgan fingerprint density at radius 1 is 1.18 bits per heavy atom. The third-order valence-corrected chi connectivity index (χ3v) is 5.80. The highest BCUT2D eigenvalue weighted by atomic mass is 19.4. The highest BCUT2D eigenvalue weighted by Gasteiger charge is 2.36. The fourth-order valence-corrected chi connectivity index (χ4v) is 3.91. The van der Waals surface area contributed by atoms with E-state index in [9.17, 15) is 13.2 Å². The topological polar surface area (TPSA) is 15.7 Å². The monoisotopic (exact) mass is 468 g/mol. The maximum atomic E-state index is 12.8. The highest BCUT2D eigenvalue weighted by Crippen LogP contribution is 2.38. The highest BCUT2D eigenvalue weighted by molar-refractivity contribution is 5.57. The Bertz CT molecular complexity index is 705. The summed E-state index contributed by atoms with van der Waals surface area (Å²) < 4.78 is 44.2. The molecule has 0 amide bonds. The van der Waals surface area contributed by atoms with Crippen LogP contribution in [0.2, 0.25) is 0 Å². The van der Waals surface area contributed by atoms with Gasteiger partial charge in [0.1, 0.15) is 0 Å². The quantitative estimate of drug-likeness (QED) is 0.398. The van der Waals surface area contributed by atoms with Gasteiger partial charge in [-0.1, -0.05) is 45.2 Å². The molecule has 2 heterocycles. The summed E-state index contributed by atoms with van der Waals surface area (Å²) in [6, 6.07) is 0. The standard InChI is InChI=1S/C16H20F3N.C11H23NO/c1-5-7-8-15-12(3)14(13(4)16(17,18)19)9-11-20(15)10-6-2;1-3-10-13-11-6-4-5-8-12(2)9-7-11/h5,7-9H,3-4,6,10-11H2,1-2H3;11H,3-10H2,1-2H3/b7-5-,15-8+;. The zero-order valence-corrected chi connectivity index (χ0v) is 21.0. The minimum atomic E-state index is -4.42. The van der Waals surface area contributed by atoms with Crippen LogP contribution in [0, 0.1) is 0 Å². The van der Waals surface area contributed by atoms with Gasteiger partial charge in [-0.05, 0) is 76.3 Å². The lowest BCUT2D eigenvalue weighted by Gasteiger charge is -2.33. The normalized spacial score (nSPS) is 22.0. The van der Waals surface area contributed by atoms with Gasteiger partial charge in [0.15, 0.2) is 0 Å². The van der Waals surface area contributed by atoms with Gasteiger partial charge < -0.3 is 14.5 Å². The Labute approximate surface area is 199 Å². The molecule has 0 aromatic rings. The molecule has 0 saturated carbocycles. The SMILES string of the molecule is C=C1C(C(=C)C(F)(F)F)=CCN(CCC)/C1=C/C=C\C.CCCOC1CCCCN(C)CC1. The Morgan fingerprint density at radius 3 is 2.52 bits per heavy atom. The van der Waals surface area contributed by atoms with E-state index < -0.39 is 11.7 Å². The molecule has 0 bridgehead atoms. The third kappa shape index (κ3) is 10.3. The van der Waals surface area contributed by atoms with Gasteiger partial charge in [0.25, 0.3) is 0 Å². The zero-order valence-electron chi connectivity index (χ0n) is 21.0. The van der Waals surface area contributed by atoms with Crippen molar-refractivity contribution < 1.29 is 17.9 Å². The predicted molar refractivity (Wildman–Crippen MR) is 133 cm³/mol. The molecule has 0 radical (unpaired) electrons. The van der Waals surface area contributed by atoms with Crippen molar-refractivity contribution in [1.82, 2.24) is 9.80 Å². The average Bonchev–Trinajstić information content (AvgIpc) is 2.75. The molecule has 0 spiro atoms. The van der Waals surface area contributed by atoms with Gasteiger partial charge in [-0.25, -0.2) is 0 Å². The first-order valence-electron chi connectivity index (χ1n) is 12.2. The first-order chi connectivity index (χ1) is 15.6. The number of halogens is 3. The Balaban J connectivity index is 0.000000361. The summed E-state index contributed by atoms with van der Waals surface area (Å²) in [5.41, 5.74) is 0.378. The molecule has 2 aliphatic heterocycles. The molecule has 1 saturated heterocycles. The average molecular weight is 469 g/mol. The van der Waals surface area contributed by atoms with Gasteiger partial charge in [-0.15, -0.1) is 0 Å². The first-order valence-corrected chi connectivity index (χ1v) is 12.2. The van der Waals surface area contributed by atoms with Crippen LogP contribution in [-0.2, 0) is 4.74 Å². The van der Waals surface area contributed by atoms with Crippen LogP contribution < -0.4 is 0 Å². The third-order valence-electron chi connectivity index (χ3n) is 5.80. The molecule has 2 aliphatic rings. The largest absolute Gasteiger partial charge is 0.416 e. The minimum Gasteiger partial charge on any atom is -0.378 e. The maximum absolute atomic E-state index is 12.8. The van der Waals surface area contributed by atoms with Crippen molar-refractivity contribution in [3.05, 3.63) is 59.9 Å². The molecule has 1 fully saturated rings. The molecule has 0 N–H and O–H groups in total. The summed E-state index contributed by atoms with van der Waals surface area (Å²) in [6.07, 6.45) is 10.3. The molecule has 1 unspecified atom stereocenters. The van der Waals surface area contributed by atoms with Crippen molar-refractivity contribution in [2.45, 2.75) is 71.6 Å². The molecule has 33 heavy (non-hydrogen) atoms. The molecule has 6 heteroatoms. The fourth-order valence-electron chi connectivity index (χ4n) is 3.91. The molecular formula is C27H43F3N2O. The van der Waals surface area contributed by atoms with E-state index in [2.05, 4.69) is 32.0 Å². The number of alkyl halides is 3. The van der Waals surface area contributed by atoms with Crippen molar-refractivity contribution in [3.63, 3.8) is 0 Å². The summed E-state index contributed by atoms with van der Waals surface area (Å²) in [7, 11) is 2.21. The van der Waals surface area contributed by atoms with Crippen LogP contribution in [0.4, 0.5) is 13.2 Å². The number of rotatable bonds is 7. The van der Waals surface area contributed by atoms with Crippen LogP contribution in [0.5, 0.6) is 0 Å². The molecule has 0 aliphatic carbocycles. The van der Waals surface area contributed by atoms with Crippen molar-refractivity contribution in [2.24, 2.45) is 0 Å². The predicted octanol–water partition coefficient (Wildman–Crippen LogP) is 7.06. The van der Waals surface area contributed by atoms with Gasteiger partial charge >= 0.3 is 6.18 Å². The number of ether oxygens (including phenoxy) is 1. The van der Waals surface area contributed by atoms with Crippen LogP contribution in [0.3, 0.4) is 0 Å². The molecule has 0 aromatic carbocycles.